The molecule has 0 saturated heterocycles. The van der Waals surface area contributed by atoms with Crippen LogP contribution in [0.15, 0.2) is 46.9 Å². The minimum atomic E-state index is -0.545. The number of nitrogens with one attached hydrogen (secondary N) is 1. The van der Waals surface area contributed by atoms with Gasteiger partial charge in [0.1, 0.15) is 16.5 Å². The predicted molar refractivity (Wildman–Crippen MR) is 136 cm³/mol. The van der Waals surface area contributed by atoms with Crippen molar-refractivity contribution in [2.45, 2.75) is 40.0 Å². The lowest BCUT2D eigenvalue weighted by atomic mass is 9.72. The molecule has 0 aliphatic heterocycles. The van der Waals surface area contributed by atoms with Crippen molar-refractivity contribution in [2.75, 3.05) is 5.32 Å². The quantitative estimate of drug-likeness (QED) is 0.254. The molecule has 182 valence electrons. The summed E-state index contributed by atoms with van der Waals surface area (Å²) in [5.74, 6) is 0.208. The molecule has 0 spiro atoms. The van der Waals surface area contributed by atoms with E-state index < -0.39 is 16.7 Å². The molecule has 1 aliphatic rings. The third-order valence-corrected chi connectivity index (χ3v) is 7.53. The van der Waals surface area contributed by atoms with E-state index in [4.69, 9.17) is 10.2 Å². The molecular formula is C26H27N3O5S. The smallest absolute Gasteiger partial charge is 0.280 e. The topological polar surface area (TPSA) is 128 Å². The van der Waals surface area contributed by atoms with E-state index >= 15 is 0 Å². The number of furan rings is 1. The predicted octanol–water partition coefficient (Wildman–Crippen LogP) is 5.82. The maximum absolute atomic E-state index is 12.6. The zero-order valence-electron chi connectivity index (χ0n) is 19.8. The van der Waals surface area contributed by atoms with Crippen LogP contribution in [-0.4, -0.2) is 16.7 Å². The minimum Gasteiger partial charge on any atom is -0.456 e. The Morgan fingerprint density at radius 2 is 1.97 bits per heavy atom. The number of para-hydroxylation sites is 1. The van der Waals surface area contributed by atoms with Crippen molar-refractivity contribution in [1.29, 1.82) is 0 Å². The lowest BCUT2D eigenvalue weighted by Gasteiger charge is -2.33. The number of thiophene rings is 1. The number of amides is 2. The number of benzene rings is 1. The van der Waals surface area contributed by atoms with Crippen molar-refractivity contribution in [2.24, 2.45) is 17.1 Å². The van der Waals surface area contributed by atoms with E-state index in [9.17, 15) is 19.7 Å². The van der Waals surface area contributed by atoms with Crippen LogP contribution in [0.3, 0.4) is 0 Å². The molecule has 1 unspecified atom stereocenters. The minimum absolute atomic E-state index is 0.0653. The first-order valence-corrected chi connectivity index (χ1v) is 12.1. The SMILES string of the molecule is CC(C)(C)C1CCc2c(sc(NC(=O)/C=C/c3ccc(-c4ccccc4[N+](=O)[O-])o3)c2C(N)=O)C1. The summed E-state index contributed by atoms with van der Waals surface area (Å²) in [5.41, 5.74) is 7.46. The van der Waals surface area contributed by atoms with Crippen molar-refractivity contribution < 1.29 is 18.9 Å². The van der Waals surface area contributed by atoms with Gasteiger partial charge in [-0.15, -0.1) is 11.3 Å². The van der Waals surface area contributed by atoms with Crippen LogP contribution in [0.1, 0.15) is 53.8 Å². The fourth-order valence-corrected chi connectivity index (χ4v) is 5.75. The van der Waals surface area contributed by atoms with Crippen molar-refractivity contribution in [3.05, 3.63) is 74.4 Å². The van der Waals surface area contributed by atoms with Crippen LogP contribution in [0.2, 0.25) is 0 Å². The van der Waals surface area contributed by atoms with Gasteiger partial charge in [-0.05, 0) is 60.4 Å². The van der Waals surface area contributed by atoms with Crippen LogP contribution < -0.4 is 11.1 Å². The number of nitrogens with zero attached hydrogens (tertiary/aromatic N) is 1. The van der Waals surface area contributed by atoms with Gasteiger partial charge < -0.3 is 15.5 Å². The van der Waals surface area contributed by atoms with Crippen molar-refractivity contribution >= 4 is 39.9 Å². The maximum Gasteiger partial charge on any atom is 0.280 e. The molecule has 35 heavy (non-hydrogen) atoms. The average Bonchev–Trinajstić information content (AvgIpc) is 3.40. The summed E-state index contributed by atoms with van der Waals surface area (Å²) in [4.78, 5) is 36.7. The Hall–Kier alpha value is -3.72. The largest absolute Gasteiger partial charge is 0.456 e. The number of nitro benzene ring substituents is 1. The number of nitrogens with two attached hydrogens (primary N) is 1. The van der Waals surface area contributed by atoms with Gasteiger partial charge in [0.2, 0.25) is 5.91 Å². The van der Waals surface area contributed by atoms with Gasteiger partial charge in [0, 0.05) is 17.0 Å². The lowest BCUT2D eigenvalue weighted by molar-refractivity contribution is -0.384. The van der Waals surface area contributed by atoms with Crippen molar-refractivity contribution in [3.63, 3.8) is 0 Å². The van der Waals surface area contributed by atoms with Gasteiger partial charge >= 0.3 is 0 Å². The molecule has 0 radical (unpaired) electrons. The van der Waals surface area contributed by atoms with Crippen LogP contribution in [0, 0.1) is 21.4 Å². The molecule has 1 aromatic carbocycles. The molecule has 3 aromatic rings. The zero-order valence-corrected chi connectivity index (χ0v) is 20.6. The summed E-state index contributed by atoms with van der Waals surface area (Å²) in [6.07, 6.45) is 5.36. The van der Waals surface area contributed by atoms with Crippen molar-refractivity contribution in [3.8, 4) is 11.3 Å². The summed E-state index contributed by atoms with van der Waals surface area (Å²) < 4.78 is 5.69. The molecular weight excluding hydrogens is 466 g/mol. The Morgan fingerprint density at radius 3 is 2.66 bits per heavy atom. The Kier molecular flexibility index (Phi) is 6.62. The third-order valence-electron chi connectivity index (χ3n) is 6.37. The third kappa shape index (κ3) is 5.19. The standard InChI is InChI=1S/C26H27N3O5S/c1-26(2,3)15-8-11-18-21(14-15)35-25(23(18)24(27)31)28-22(30)13-10-16-9-12-20(34-16)17-6-4-5-7-19(17)29(32)33/h4-7,9-10,12-13,15H,8,11,14H2,1-3H3,(H2,27,31)(H,28,30)/b13-10+. The summed E-state index contributed by atoms with van der Waals surface area (Å²) in [6.45, 7) is 6.65. The summed E-state index contributed by atoms with van der Waals surface area (Å²) in [6, 6.07) is 9.52. The van der Waals surface area contributed by atoms with Crippen LogP contribution >= 0.6 is 11.3 Å². The van der Waals surface area contributed by atoms with Gasteiger partial charge in [0.05, 0.1) is 16.1 Å². The van der Waals surface area contributed by atoms with Crippen LogP contribution in [0.5, 0.6) is 0 Å². The van der Waals surface area contributed by atoms with Crippen LogP contribution in [-0.2, 0) is 17.6 Å². The summed E-state index contributed by atoms with van der Waals surface area (Å²) >= 11 is 1.41. The maximum atomic E-state index is 12.6. The molecule has 2 amide bonds. The normalized spacial score (nSPS) is 15.7. The first-order chi connectivity index (χ1) is 16.5. The molecule has 1 aliphatic carbocycles. The number of carbonyl (C=O) groups excluding carboxylic acids is 2. The summed E-state index contributed by atoms with van der Waals surface area (Å²) in [5, 5.41) is 14.5. The molecule has 8 nitrogen and oxygen atoms in total. The fraction of sp³-hybridized carbons (Fsp3) is 0.308. The average molecular weight is 494 g/mol. The Labute approximate surface area is 207 Å². The van der Waals surface area contributed by atoms with E-state index in [1.54, 1.807) is 30.3 Å². The van der Waals surface area contributed by atoms with E-state index in [-0.39, 0.29) is 11.1 Å². The molecule has 1 atom stereocenters. The van der Waals surface area contributed by atoms with Gasteiger partial charge in [-0.25, -0.2) is 0 Å². The van der Waals surface area contributed by atoms with Crippen LogP contribution in [0.4, 0.5) is 10.7 Å². The number of hydrogen-bond acceptors (Lipinski definition) is 6. The highest BCUT2D eigenvalue weighted by Crippen LogP contribution is 2.44. The Morgan fingerprint density at radius 1 is 1.23 bits per heavy atom. The Balaban J connectivity index is 1.51. The second-order valence-corrected chi connectivity index (χ2v) is 10.8. The highest BCUT2D eigenvalue weighted by molar-refractivity contribution is 7.17. The number of hydrogen-bond donors (Lipinski definition) is 2. The molecule has 2 aromatic heterocycles. The number of fused-ring (bicyclic) bond motifs is 1. The number of rotatable bonds is 6. The highest BCUT2D eigenvalue weighted by atomic mass is 32.1. The first kappa shape index (κ1) is 24.4. The van der Waals surface area contributed by atoms with Crippen LogP contribution in [0.25, 0.3) is 17.4 Å². The van der Waals surface area contributed by atoms with E-state index in [1.807, 2.05) is 0 Å². The number of carbonyl (C=O) groups is 2. The fourth-order valence-electron chi connectivity index (χ4n) is 4.41. The van der Waals surface area contributed by atoms with Gasteiger partial charge in [-0.3, -0.25) is 19.7 Å². The number of nitro groups is 1. The molecule has 9 heteroatoms. The van der Waals surface area contributed by atoms with E-state index in [2.05, 4.69) is 26.1 Å². The molecule has 3 N–H and O–H groups in total. The molecule has 0 fully saturated rings. The van der Waals surface area contributed by atoms with E-state index in [1.165, 1.54) is 29.6 Å². The molecule has 4 rings (SSSR count). The monoisotopic (exact) mass is 493 g/mol. The first-order valence-electron chi connectivity index (χ1n) is 11.3. The van der Waals surface area contributed by atoms with Gasteiger partial charge in [-0.2, -0.15) is 0 Å². The zero-order chi connectivity index (χ0) is 25.3. The van der Waals surface area contributed by atoms with Gasteiger partial charge in [0.15, 0.2) is 0 Å². The molecule has 2 heterocycles. The Bertz CT molecular complexity index is 1330. The molecule has 0 saturated carbocycles. The second kappa shape index (κ2) is 9.50. The van der Waals surface area contributed by atoms with Gasteiger partial charge in [0.25, 0.3) is 11.6 Å². The van der Waals surface area contributed by atoms with E-state index in [0.29, 0.717) is 33.6 Å². The van der Waals surface area contributed by atoms with Crippen molar-refractivity contribution in [1.82, 2.24) is 0 Å². The van der Waals surface area contributed by atoms with E-state index in [0.717, 1.165) is 29.7 Å². The molecule has 0 bridgehead atoms. The number of primary amides is 1. The summed E-state index contributed by atoms with van der Waals surface area (Å²) in [7, 11) is 0. The number of anilines is 1. The van der Waals surface area contributed by atoms with Gasteiger partial charge in [-0.1, -0.05) is 32.9 Å². The second-order valence-electron chi connectivity index (χ2n) is 9.68. The highest BCUT2D eigenvalue weighted by Gasteiger charge is 2.33. The lowest BCUT2D eigenvalue weighted by Crippen LogP contribution is -2.27.